The second kappa shape index (κ2) is 6.91. The van der Waals surface area contributed by atoms with Gasteiger partial charge in [-0.05, 0) is 51.2 Å². The average Bonchev–Trinajstić information content (AvgIpc) is 3.01. The summed E-state index contributed by atoms with van der Waals surface area (Å²) in [5, 5.41) is 5.09. The maximum Gasteiger partial charge on any atom is 0.324 e. The first-order chi connectivity index (χ1) is 13.2. The van der Waals surface area contributed by atoms with Crippen LogP contribution in [-0.2, 0) is 15.1 Å². The van der Waals surface area contributed by atoms with E-state index in [9.17, 15) is 4.79 Å². The summed E-state index contributed by atoms with van der Waals surface area (Å²) in [6.45, 7) is 10.3. The maximum absolute atomic E-state index is 13.3. The number of H-pyrrole nitrogens is 1. The smallest absolute Gasteiger partial charge is 0.324 e. The van der Waals surface area contributed by atoms with Crippen LogP contribution in [0.4, 0.5) is 0 Å². The quantitative estimate of drug-likeness (QED) is 0.686. The van der Waals surface area contributed by atoms with Gasteiger partial charge in [-0.15, -0.1) is 0 Å². The highest BCUT2D eigenvalue weighted by Gasteiger charge is 2.50. The maximum atomic E-state index is 13.3. The number of hydrogen-bond acceptors (Lipinski definition) is 3. The number of carbonyl (C=O) groups excluding carboxylic acids is 1. The second-order valence-electron chi connectivity index (χ2n) is 10.0. The van der Waals surface area contributed by atoms with Gasteiger partial charge in [0.25, 0.3) is 0 Å². The minimum atomic E-state index is -0.486. The van der Waals surface area contributed by atoms with E-state index in [2.05, 4.69) is 48.4 Å². The number of carbonyl (C=O) groups is 1. The van der Waals surface area contributed by atoms with E-state index < -0.39 is 5.60 Å². The summed E-state index contributed by atoms with van der Waals surface area (Å²) < 4.78 is 5.88. The topological polar surface area (TPSA) is 54.1 Å². The fourth-order valence-electron chi connectivity index (χ4n) is 5.35. The largest absolute Gasteiger partial charge is 0.459 e. The number of fused-ring (bicyclic) bond motifs is 4. The van der Waals surface area contributed by atoms with Crippen LogP contribution >= 0.6 is 0 Å². The Balaban J connectivity index is 1.89. The Labute approximate surface area is 168 Å². The molecule has 1 aromatic heterocycles. The zero-order valence-electron chi connectivity index (χ0n) is 17.9. The van der Waals surface area contributed by atoms with Crippen LogP contribution in [0.3, 0.4) is 0 Å². The molecule has 2 heterocycles. The van der Waals surface area contributed by atoms with Crippen molar-refractivity contribution in [2.75, 3.05) is 0 Å². The van der Waals surface area contributed by atoms with Crippen LogP contribution < -0.4 is 5.32 Å². The molecule has 152 valence electrons. The van der Waals surface area contributed by atoms with Crippen LogP contribution in [-0.4, -0.2) is 22.6 Å². The third-order valence-corrected chi connectivity index (χ3v) is 6.44. The summed E-state index contributed by atoms with van der Waals surface area (Å²) in [7, 11) is 0. The number of esters is 1. The van der Waals surface area contributed by atoms with E-state index in [1.54, 1.807) is 0 Å². The third-order valence-electron chi connectivity index (χ3n) is 6.44. The molecule has 2 N–H and O–H groups in total. The molecule has 4 nitrogen and oxygen atoms in total. The molecule has 0 unspecified atom stereocenters. The molecule has 0 amide bonds. The predicted molar refractivity (Wildman–Crippen MR) is 113 cm³/mol. The molecule has 2 aliphatic rings. The first-order valence-electron chi connectivity index (χ1n) is 10.8. The van der Waals surface area contributed by atoms with Gasteiger partial charge in [0.1, 0.15) is 11.6 Å². The van der Waals surface area contributed by atoms with Crippen LogP contribution in [0.2, 0.25) is 0 Å². The molecule has 0 bridgehead atoms. The van der Waals surface area contributed by atoms with E-state index in [1.807, 2.05) is 20.8 Å². The highest BCUT2D eigenvalue weighted by atomic mass is 16.6. The summed E-state index contributed by atoms with van der Waals surface area (Å²) in [5.74, 6) is 0.296. The Kier molecular flexibility index (Phi) is 4.81. The molecule has 1 spiro atoms. The van der Waals surface area contributed by atoms with Crippen molar-refractivity contribution in [2.24, 2.45) is 5.92 Å². The summed E-state index contributed by atoms with van der Waals surface area (Å²) in [5.41, 5.74) is 3.18. The van der Waals surface area contributed by atoms with Crippen molar-refractivity contribution in [1.82, 2.24) is 10.3 Å². The number of benzene rings is 1. The van der Waals surface area contributed by atoms with Crippen LogP contribution in [0.5, 0.6) is 0 Å². The van der Waals surface area contributed by atoms with Gasteiger partial charge in [-0.1, -0.05) is 51.3 Å². The molecule has 1 aromatic carbocycles. The number of aromatic amines is 1. The Bertz CT molecular complexity index is 868. The Morgan fingerprint density at radius 1 is 1.14 bits per heavy atom. The van der Waals surface area contributed by atoms with E-state index in [0.717, 1.165) is 12.8 Å². The lowest BCUT2D eigenvalue weighted by Crippen LogP contribution is -2.59. The lowest BCUT2D eigenvalue weighted by Gasteiger charge is -2.48. The fourth-order valence-corrected chi connectivity index (χ4v) is 5.35. The zero-order chi connectivity index (χ0) is 20.1. The lowest BCUT2D eigenvalue weighted by atomic mass is 9.68. The molecule has 4 heteroatoms. The van der Waals surface area contributed by atoms with Crippen molar-refractivity contribution >= 4 is 16.9 Å². The first kappa shape index (κ1) is 19.5. The molecule has 1 fully saturated rings. The third kappa shape index (κ3) is 3.26. The van der Waals surface area contributed by atoms with Crippen molar-refractivity contribution in [2.45, 2.75) is 89.8 Å². The highest BCUT2D eigenvalue weighted by molar-refractivity contribution is 5.88. The first-order valence-corrected chi connectivity index (χ1v) is 10.8. The van der Waals surface area contributed by atoms with E-state index in [4.69, 9.17) is 4.74 Å². The summed E-state index contributed by atoms with van der Waals surface area (Å²) >= 11 is 0. The number of aromatic nitrogens is 1. The van der Waals surface area contributed by atoms with Crippen molar-refractivity contribution in [1.29, 1.82) is 0 Å². The number of hydrogen-bond donors (Lipinski definition) is 2. The van der Waals surface area contributed by atoms with Gasteiger partial charge >= 0.3 is 5.97 Å². The van der Waals surface area contributed by atoms with Crippen LogP contribution in [0.1, 0.15) is 83.9 Å². The minimum Gasteiger partial charge on any atom is -0.459 e. The molecule has 0 saturated heterocycles. The lowest BCUT2D eigenvalue weighted by molar-refractivity contribution is -0.160. The van der Waals surface area contributed by atoms with Crippen molar-refractivity contribution < 1.29 is 9.53 Å². The number of nitrogens with one attached hydrogen (secondary N) is 2. The number of para-hydroxylation sites is 1. The summed E-state index contributed by atoms with van der Waals surface area (Å²) in [6, 6.07) is 8.23. The van der Waals surface area contributed by atoms with E-state index in [1.165, 1.54) is 41.4 Å². The van der Waals surface area contributed by atoms with Gasteiger partial charge in [-0.2, -0.15) is 0 Å². The fraction of sp³-hybridized carbons (Fsp3) is 0.625. The molecule has 1 saturated carbocycles. The molecule has 1 aliphatic heterocycles. The second-order valence-corrected chi connectivity index (χ2v) is 10.0. The van der Waals surface area contributed by atoms with Crippen molar-refractivity contribution in [3.05, 3.63) is 35.5 Å². The SMILES string of the molecule is CC(C)[C@H]1c2c([nH]c3ccccc23)C2(CCCCC2)N[C@H]1C(=O)OC(C)(C)C. The monoisotopic (exact) mass is 382 g/mol. The van der Waals surface area contributed by atoms with Crippen molar-refractivity contribution in [3.63, 3.8) is 0 Å². The van der Waals surface area contributed by atoms with Gasteiger partial charge in [0, 0.05) is 22.5 Å². The highest BCUT2D eigenvalue weighted by Crippen LogP contribution is 2.49. The van der Waals surface area contributed by atoms with Gasteiger partial charge in [-0.25, -0.2) is 0 Å². The zero-order valence-corrected chi connectivity index (χ0v) is 17.9. The van der Waals surface area contributed by atoms with Gasteiger partial charge in [-0.3, -0.25) is 10.1 Å². The average molecular weight is 383 g/mol. The van der Waals surface area contributed by atoms with Crippen LogP contribution in [0, 0.1) is 5.92 Å². The summed E-state index contributed by atoms with van der Waals surface area (Å²) in [4.78, 5) is 17.1. The van der Waals surface area contributed by atoms with E-state index in [-0.39, 0.29) is 23.5 Å². The van der Waals surface area contributed by atoms with Gasteiger partial charge in [0.15, 0.2) is 0 Å². The van der Waals surface area contributed by atoms with Crippen LogP contribution in [0.15, 0.2) is 24.3 Å². The number of rotatable bonds is 2. The molecule has 1 aliphatic carbocycles. The van der Waals surface area contributed by atoms with E-state index >= 15 is 0 Å². The predicted octanol–water partition coefficient (Wildman–Crippen LogP) is 5.38. The minimum absolute atomic E-state index is 0.0913. The molecule has 2 aromatic rings. The molecule has 28 heavy (non-hydrogen) atoms. The molecule has 0 radical (unpaired) electrons. The molecule has 4 rings (SSSR count). The molecular weight excluding hydrogens is 348 g/mol. The number of ether oxygens (including phenoxy) is 1. The molecule has 2 atom stereocenters. The van der Waals surface area contributed by atoms with E-state index in [0.29, 0.717) is 5.92 Å². The standard InChI is InChI=1S/C24H34N2O2/c1-15(2)18-19-16-11-7-8-12-17(16)25-21(19)24(13-9-6-10-14-24)26-20(18)22(27)28-23(3,4)5/h7-8,11-12,15,18,20,25-26H,6,9-10,13-14H2,1-5H3/t18-,20+/m0/s1. The van der Waals surface area contributed by atoms with Crippen LogP contribution in [0.25, 0.3) is 10.9 Å². The van der Waals surface area contributed by atoms with Gasteiger partial charge in [0.2, 0.25) is 0 Å². The summed E-state index contributed by atoms with van der Waals surface area (Å²) in [6.07, 6.45) is 5.78. The Hall–Kier alpha value is -1.81. The van der Waals surface area contributed by atoms with Gasteiger partial charge in [0.05, 0.1) is 5.54 Å². The van der Waals surface area contributed by atoms with Gasteiger partial charge < -0.3 is 9.72 Å². The molecular formula is C24H34N2O2. The van der Waals surface area contributed by atoms with Crippen molar-refractivity contribution in [3.8, 4) is 0 Å². The Morgan fingerprint density at radius 3 is 2.46 bits per heavy atom. The Morgan fingerprint density at radius 2 is 1.82 bits per heavy atom. The normalized spacial score (nSPS) is 24.5.